The van der Waals surface area contributed by atoms with Gasteiger partial charge in [0.1, 0.15) is 16.5 Å². The minimum atomic E-state index is -1.04. The van der Waals surface area contributed by atoms with Crippen molar-refractivity contribution in [3.8, 4) is 0 Å². The summed E-state index contributed by atoms with van der Waals surface area (Å²) in [6.45, 7) is 8.18. The maximum atomic E-state index is 13.5. The van der Waals surface area contributed by atoms with E-state index in [0.29, 0.717) is 18.9 Å². The molecule has 0 radical (unpaired) electrons. The number of imidazole rings is 1. The van der Waals surface area contributed by atoms with E-state index in [4.69, 9.17) is 9.72 Å². The predicted octanol–water partition coefficient (Wildman–Crippen LogP) is 1.33. The van der Waals surface area contributed by atoms with Gasteiger partial charge in [-0.3, -0.25) is 9.59 Å². The molecule has 2 atom stereocenters. The van der Waals surface area contributed by atoms with Gasteiger partial charge in [0.2, 0.25) is 0 Å². The average Bonchev–Trinajstić information content (AvgIpc) is 3.24. The fraction of sp³-hybridized carbons (Fsp3) is 0.400. The second-order valence-electron chi connectivity index (χ2n) is 8.92. The van der Waals surface area contributed by atoms with Crippen LogP contribution in [0.3, 0.4) is 0 Å². The van der Waals surface area contributed by atoms with Gasteiger partial charge < -0.3 is 25.0 Å². The van der Waals surface area contributed by atoms with E-state index in [1.807, 2.05) is 13.8 Å². The molecule has 1 aliphatic heterocycles. The molecule has 2 aromatic heterocycles. The van der Waals surface area contributed by atoms with Crippen LogP contribution in [0.15, 0.2) is 27.8 Å². The quantitative estimate of drug-likeness (QED) is 0.421. The first-order chi connectivity index (χ1) is 16.8. The maximum absolute atomic E-state index is 13.5. The number of hydrogen-bond acceptors (Lipinski definition) is 5. The van der Waals surface area contributed by atoms with Gasteiger partial charge in [-0.25, -0.2) is 13.8 Å². The van der Waals surface area contributed by atoms with Gasteiger partial charge in [0.25, 0.3) is 11.1 Å². The van der Waals surface area contributed by atoms with E-state index in [0.717, 1.165) is 36.6 Å². The number of hydrogen-bond donors (Lipinski definition) is 4. The second-order valence-corrected chi connectivity index (χ2v) is 8.92. The number of halogens is 2. The number of benzene rings is 1. The molecule has 1 aromatic carbocycles. The van der Waals surface area contributed by atoms with Gasteiger partial charge in [-0.1, -0.05) is 26.8 Å². The minimum absolute atomic E-state index is 0.0459. The van der Waals surface area contributed by atoms with E-state index in [1.165, 1.54) is 12.1 Å². The molecule has 8 nitrogen and oxygen atoms in total. The van der Waals surface area contributed by atoms with Crippen molar-refractivity contribution in [3.63, 3.8) is 0 Å². The third-order valence-corrected chi connectivity index (χ3v) is 6.11. The smallest absolute Gasteiger partial charge is 0.272 e. The third-order valence-electron chi connectivity index (χ3n) is 6.11. The summed E-state index contributed by atoms with van der Waals surface area (Å²) >= 11 is 0. The summed E-state index contributed by atoms with van der Waals surface area (Å²) in [6.07, 6.45) is 3.68. The monoisotopic (exact) mass is 485 g/mol. The zero-order valence-corrected chi connectivity index (χ0v) is 19.9. The number of rotatable bonds is 6. The van der Waals surface area contributed by atoms with Gasteiger partial charge in [-0.15, -0.1) is 0 Å². The Morgan fingerprint density at radius 2 is 1.80 bits per heavy atom. The molecule has 0 amide bonds. The Hall–Kier alpha value is -3.37. The lowest BCUT2D eigenvalue weighted by molar-refractivity contribution is 0.0664. The lowest BCUT2D eigenvalue weighted by Crippen LogP contribution is -2.46. The maximum Gasteiger partial charge on any atom is 0.272 e. The highest BCUT2D eigenvalue weighted by Gasteiger charge is 2.27. The summed E-state index contributed by atoms with van der Waals surface area (Å²) < 4.78 is 32.3. The van der Waals surface area contributed by atoms with Crippen molar-refractivity contribution >= 4 is 12.2 Å². The number of aromatic nitrogens is 4. The molecule has 0 aliphatic carbocycles. The third kappa shape index (κ3) is 5.49. The van der Waals surface area contributed by atoms with Crippen LogP contribution in [0, 0.1) is 11.6 Å². The van der Waals surface area contributed by atoms with E-state index in [2.05, 4.69) is 27.2 Å². The molecule has 0 saturated carbocycles. The fourth-order valence-electron chi connectivity index (χ4n) is 4.26. The van der Waals surface area contributed by atoms with Crippen LogP contribution in [-0.2, 0) is 4.74 Å². The molecule has 1 saturated heterocycles. The van der Waals surface area contributed by atoms with Crippen molar-refractivity contribution < 1.29 is 13.5 Å². The molecule has 2 unspecified atom stereocenters. The Morgan fingerprint density at radius 1 is 1.09 bits per heavy atom. The van der Waals surface area contributed by atoms with Crippen molar-refractivity contribution in [2.75, 3.05) is 19.8 Å². The number of aromatic amines is 3. The van der Waals surface area contributed by atoms with Crippen molar-refractivity contribution in [3.05, 3.63) is 84.0 Å². The SMILES string of the molecule is CCC(c1nc(/C=c2\[nH]c(=O)/c(=C/c3ccc(F)c(F)c3)[nH]c2=O)c(C(C)C)[nH]1)C1COCCN1. The van der Waals surface area contributed by atoms with Gasteiger partial charge in [0, 0.05) is 24.2 Å². The van der Waals surface area contributed by atoms with Crippen LogP contribution in [0.5, 0.6) is 0 Å². The summed E-state index contributed by atoms with van der Waals surface area (Å²) in [6, 6.07) is 3.34. The molecular weight excluding hydrogens is 456 g/mol. The summed E-state index contributed by atoms with van der Waals surface area (Å²) in [5.74, 6) is -1.04. The van der Waals surface area contributed by atoms with Crippen molar-refractivity contribution in [2.45, 2.75) is 45.1 Å². The van der Waals surface area contributed by atoms with Crippen LogP contribution in [0.2, 0.25) is 0 Å². The largest absolute Gasteiger partial charge is 0.378 e. The van der Waals surface area contributed by atoms with Crippen LogP contribution in [0.25, 0.3) is 12.2 Å². The first-order valence-electron chi connectivity index (χ1n) is 11.7. The molecule has 3 aromatic rings. The summed E-state index contributed by atoms with van der Waals surface area (Å²) in [7, 11) is 0. The normalized spacial score (nSPS) is 18.4. The zero-order valence-electron chi connectivity index (χ0n) is 19.9. The first kappa shape index (κ1) is 24.7. The van der Waals surface area contributed by atoms with Gasteiger partial charge in [0.05, 0.1) is 18.9 Å². The summed E-state index contributed by atoms with van der Waals surface area (Å²) in [5.41, 5.74) is 0.563. The minimum Gasteiger partial charge on any atom is -0.378 e. The van der Waals surface area contributed by atoms with Gasteiger partial charge >= 0.3 is 0 Å². The zero-order chi connectivity index (χ0) is 25.1. The number of ether oxygens (including phenoxy) is 1. The standard InChI is InChI=1S/C25H29F2N5O3/c1-4-15(21-12-35-8-7-28-21)23-29-18(22(32-23)13(2)3)11-20-25(34)30-19(24(33)31-20)10-14-5-6-16(26)17(27)9-14/h5-6,9-11,13,15,21,28H,4,7-8,12H2,1-3H3,(H,29,32)(H,30,34)(H,31,33)/b19-10-,20-11-. The van der Waals surface area contributed by atoms with Gasteiger partial charge in [-0.05, 0) is 42.2 Å². The van der Waals surface area contributed by atoms with E-state index in [9.17, 15) is 18.4 Å². The Balaban J connectivity index is 1.75. The molecule has 0 spiro atoms. The van der Waals surface area contributed by atoms with E-state index < -0.39 is 22.8 Å². The fourth-order valence-corrected chi connectivity index (χ4v) is 4.26. The second kappa shape index (κ2) is 10.5. The number of H-pyrrole nitrogens is 3. The van der Waals surface area contributed by atoms with Crippen molar-refractivity contribution in [1.82, 2.24) is 25.3 Å². The molecule has 3 heterocycles. The predicted molar refractivity (Wildman–Crippen MR) is 129 cm³/mol. The highest BCUT2D eigenvalue weighted by molar-refractivity contribution is 5.49. The molecule has 4 N–H and O–H groups in total. The highest BCUT2D eigenvalue weighted by Crippen LogP contribution is 2.26. The van der Waals surface area contributed by atoms with Gasteiger partial charge in [0.15, 0.2) is 11.6 Å². The number of nitrogens with zero attached hydrogens (tertiary/aromatic N) is 1. The van der Waals surface area contributed by atoms with Crippen LogP contribution < -0.4 is 27.1 Å². The lowest BCUT2D eigenvalue weighted by atomic mass is 9.96. The van der Waals surface area contributed by atoms with E-state index >= 15 is 0 Å². The number of nitrogens with one attached hydrogen (secondary N) is 4. The molecule has 10 heteroatoms. The Kier molecular flexibility index (Phi) is 7.42. The molecule has 1 fully saturated rings. The number of morpholine rings is 1. The van der Waals surface area contributed by atoms with Crippen LogP contribution in [0.1, 0.15) is 61.8 Å². The average molecular weight is 486 g/mol. The summed E-state index contributed by atoms with van der Waals surface area (Å²) in [4.78, 5) is 38.7. The Bertz CT molecular complexity index is 1430. The first-order valence-corrected chi connectivity index (χ1v) is 11.7. The Morgan fingerprint density at radius 3 is 2.40 bits per heavy atom. The van der Waals surface area contributed by atoms with Crippen LogP contribution in [-0.4, -0.2) is 45.7 Å². The molecular formula is C25H29F2N5O3. The van der Waals surface area contributed by atoms with Gasteiger partial charge in [-0.2, -0.15) is 0 Å². The molecule has 4 rings (SSSR count). The highest BCUT2D eigenvalue weighted by atomic mass is 19.2. The van der Waals surface area contributed by atoms with Crippen molar-refractivity contribution in [1.29, 1.82) is 0 Å². The van der Waals surface area contributed by atoms with Crippen molar-refractivity contribution in [2.24, 2.45) is 0 Å². The summed E-state index contributed by atoms with van der Waals surface area (Å²) in [5, 5.41) is 3.46. The van der Waals surface area contributed by atoms with Crippen LogP contribution in [0.4, 0.5) is 8.78 Å². The van der Waals surface area contributed by atoms with E-state index in [-0.39, 0.29) is 34.1 Å². The van der Waals surface area contributed by atoms with Crippen LogP contribution >= 0.6 is 0 Å². The molecule has 0 bridgehead atoms. The molecule has 186 valence electrons. The topological polar surface area (TPSA) is 116 Å². The Labute approximate surface area is 200 Å². The molecule has 1 aliphatic rings. The lowest BCUT2D eigenvalue weighted by Gasteiger charge is -2.29. The van der Waals surface area contributed by atoms with E-state index in [1.54, 1.807) is 6.08 Å². The molecule has 35 heavy (non-hydrogen) atoms.